The van der Waals surface area contributed by atoms with E-state index in [-0.39, 0.29) is 16.4 Å². The van der Waals surface area contributed by atoms with Gasteiger partial charge in [0, 0.05) is 10.0 Å². The molecule has 0 aromatic heterocycles. The molecule has 5 nitrogen and oxygen atoms in total. The second kappa shape index (κ2) is 6.96. The van der Waals surface area contributed by atoms with Gasteiger partial charge in [-0.15, -0.1) is 0 Å². The molecule has 0 radical (unpaired) electrons. The molecular formula is C17H11Cl3N2O3. The van der Waals surface area contributed by atoms with E-state index in [1.165, 1.54) is 25.3 Å². The van der Waals surface area contributed by atoms with E-state index in [0.717, 1.165) is 4.90 Å². The van der Waals surface area contributed by atoms with Gasteiger partial charge in [0.2, 0.25) is 0 Å². The second-order valence-electron chi connectivity index (χ2n) is 5.09. The van der Waals surface area contributed by atoms with Gasteiger partial charge in [0.05, 0.1) is 18.5 Å². The Morgan fingerprint density at radius 3 is 2.24 bits per heavy atom. The van der Waals surface area contributed by atoms with Gasteiger partial charge in [-0.2, -0.15) is 0 Å². The van der Waals surface area contributed by atoms with Crippen LogP contribution in [-0.2, 0) is 9.59 Å². The smallest absolute Gasteiger partial charge is 0.283 e. The Morgan fingerprint density at radius 2 is 1.60 bits per heavy atom. The predicted octanol–water partition coefficient (Wildman–Crippen LogP) is 4.44. The fourth-order valence-corrected chi connectivity index (χ4v) is 3.12. The van der Waals surface area contributed by atoms with Gasteiger partial charge in [-0.05, 0) is 30.3 Å². The molecule has 2 aromatic rings. The molecule has 0 aliphatic carbocycles. The maximum absolute atomic E-state index is 12.7. The first-order valence-corrected chi connectivity index (χ1v) is 8.20. The predicted molar refractivity (Wildman–Crippen MR) is 98.5 cm³/mol. The summed E-state index contributed by atoms with van der Waals surface area (Å²) >= 11 is 18.0. The van der Waals surface area contributed by atoms with Gasteiger partial charge in [-0.1, -0.05) is 46.9 Å². The number of hydrogen-bond donors (Lipinski definition) is 1. The molecule has 1 N–H and O–H groups in total. The number of carbonyl (C=O) groups is 2. The Morgan fingerprint density at radius 1 is 0.960 bits per heavy atom. The average Bonchev–Trinajstić information content (AvgIpc) is 2.78. The van der Waals surface area contributed by atoms with Gasteiger partial charge in [-0.25, -0.2) is 4.90 Å². The van der Waals surface area contributed by atoms with E-state index >= 15 is 0 Å². The molecule has 25 heavy (non-hydrogen) atoms. The third kappa shape index (κ3) is 3.31. The van der Waals surface area contributed by atoms with Gasteiger partial charge < -0.3 is 10.1 Å². The summed E-state index contributed by atoms with van der Waals surface area (Å²) in [6.45, 7) is 0. The summed E-state index contributed by atoms with van der Waals surface area (Å²) in [7, 11) is 1.50. The monoisotopic (exact) mass is 396 g/mol. The summed E-state index contributed by atoms with van der Waals surface area (Å²) in [6, 6.07) is 11.4. The summed E-state index contributed by atoms with van der Waals surface area (Å²) in [5.74, 6) is -0.773. The SMILES string of the molecule is COc1ccccc1NC1=C(Cl)C(=O)N(c2cc(Cl)cc(Cl)c2)C1=O. The highest BCUT2D eigenvalue weighted by atomic mass is 35.5. The molecule has 0 bridgehead atoms. The van der Waals surface area contributed by atoms with E-state index in [1.807, 2.05) is 0 Å². The Kier molecular flexibility index (Phi) is 4.90. The first-order chi connectivity index (χ1) is 11.9. The molecule has 0 saturated carbocycles. The topological polar surface area (TPSA) is 58.6 Å². The lowest BCUT2D eigenvalue weighted by atomic mass is 10.2. The van der Waals surface area contributed by atoms with Crippen LogP contribution in [0.4, 0.5) is 11.4 Å². The number of methoxy groups -OCH3 is 1. The molecular weight excluding hydrogens is 387 g/mol. The van der Waals surface area contributed by atoms with Crippen LogP contribution in [0.25, 0.3) is 0 Å². The minimum atomic E-state index is -0.664. The van der Waals surface area contributed by atoms with E-state index in [9.17, 15) is 9.59 Å². The zero-order valence-electron chi connectivity index (χ0n) is 12.8. The highest BCUT2D eigenvalue weighted by molar-refractivity contribution is 6.53. The van der Waals surface area contributed by atoms with Crippen LogP contribution in [-0.4, -0.2) is 18.9 Å². The van der Waals surface area contributed by atoms with Crippen LogP contribution in [0.3, 0.4) is 0 Å². The van der Waals surface area contributed by atoms with Crippen molar-refractivity contribution >= 4 is 58.0 Å². The normalized spacial score (nSPS) is 14.3. The van der Waals surface area contributed by atoms with Crippen molar-refractivity contribution in [2.24, 2.45) is 0 Å². The van der Waals surface area contributed by atoms with E-state index in [1.54, 1.807) is 24.3 Å². The van der Waals surface area contributed by atoms with Gasteiger partial charge >= 0.3 is 0 Å². The van der Waals surface area contributed by atoms with Crippen molar-refractivity contribution in [2.75, 3.05) is 17.3 Å². The zero-order chi connectivity index (χ0) is 18.1. The molecule has 8 heteroatoms. The number of ether oxygens (including phenoxy) is 1. The van der Waals surface area contributed by atoms with Crippen LogP contribution >= 0.6 is 34.8 Å². The Balaban J connectivity index is 1.97. The molecule has 1 heterocycles. The molecule has 128 valence electrons. The highest BCUT2D eigenvalue weighted by Gasteiger charge is 2.39. The Hall–Kier alpha value is -2.21. The third-order valence-corrected chi connectivity index (χ3v) is 4.29. The summed E-state index contributed by atoms with van der Waals surface area (Å²) in [4.78, 5) is 26.1. The average molecular weight is 398 g/mol. The molecule has 1 aliphatic heterocycles. The van der Waals surface area contributed by atoms with Crippen LogP contribution in [0.5, 0.6) is 5.75 Å². The van der Waals surface area contributed by atoms with Gasteiger partial charge in [0.1, 0.15) is 16.5 Å². The summed E-state index contributed by atoms with van der Waals surface area (Å²) in [6.07, 6.45) is 0. The first kappa shape index (κ1) is 17.6. The lowest BCUT2D eigenvalue weighted by Gasteiger charge is -2.16. The first-order valence-electron chi connectivity index (χ1n) is 7.07. The number of amides is 2. The Bertz CT molecular complexity index is 892. The molecule has 2 amide bonds. The molecule has 0 fully saturated rings. The summed E-state index contributed by atoms with van der Waals surface area (Å²) in [5, 5.41) is 3.23. The van der Waals surface area contributed by atoms with Crippen molar-refractivity contribution in [3.63, 3.8) is 0 Å². The highest BCUT2D eigenvalue weighted by Crippen LogP contribution is 2.34. The lowest BCUT2D eigenvalue weighted by molar-refractivity contribution is -0.120. The number of hydrogen-bond acceptors (Lipinski definition) is 4. The largest absolute Gasteiger partial charge is 0.495 e. The summed E-state index contributed by atoms with van der Waals surface area (Å²) < 4.78 is 5.22. The molecule has 2 aromatic carbocycles. The lowest BCUT2D eigenvalue weighted by Crippen LogP contribution is -2.32. The number of halogens is 3. The molecule has 0 saturated heterocycles. The van der Waals surface area contributed by atoms with Gasteiger partial charge in [0.15, 0.2) is 0 Å². The number of nitrogens with zero attached hydrogens (tertiary/aromatic N) is 1. The van der Waals surface area contributed by atoms with E-state index < -0.39 is 11.8 Å². The van der Waals surface area contributed by atoms with Gasteiger partial charge in [0.25, 0.3) is 11.8 Å². The molecule has 0 unspecified atom stereocenters. The van der Waals surface area contributed by atoms with Gasteiger partial charge in [-0.3, -0.25) is 9.59 Å². The van der Waals surface area contributed by atoms with E-state index in [4.69, 9.17) is 39.5 Å². The number of benzene rings is 2. The molecule has 1 aliphatic rings. The molecule has 0 atom stereocenters. The number of carbonyl (C=O) groups excluding carboxylic acids is 2. The van der Waals surface area contributed by atoms with Crippen LogP contribution < -0.4 is 15.0 Å². The zero-order valence-corrected chi connectivity index (χ0v) is 15.1. The number of nitrogens with one attached hydrogen (secondary N) is 1. The third-order valence-electron chi connectivity index (χ3n) is 3.50. The van der Waals surface area contributed by atoms with Crippen LogP contribution in [0.15, 0.2) is 53.2 Å². The number of imide groups is 1. The van der Waals surface area contributed by atoms with Crippen LogP contribution in [0.1, 0.15) is 0 Å². The number of rotatable bonds is 4. The number of anilines is 2. The minimum absolute atomic E-state index is 0.0488. The van der Waals surface area contributed by atoms with E-state index in [2.05, 4.69) is 5.32 Å². The van der Waals surface area contributed by atoms with Crippen molar-refractivity contribution in [1.29, 1.82) is 0 Å². The fourth-order valence-electron chi connectivity index (χ4n) is 2.40. The van der Waals surface area contributed by atoms with E-state index in [0.29, 0.717) is 21.5 Å². The molecule has 3 rings (SSSR count). The van der Waals surface area contributed by atoms with Crippen molar-refractivity contribution < 1.29 is 14.3 Å². The minimum Gasteiger partial charge on any atom is -0.495 e. The number of para-hydroxylation sites is 2. The van der Waals surface area contributed by atoms with Crippen molar-refractivity contribution in [2.45, 2.75) is 0 Å². The standard InChI is InChI=1S/C17H11Cl3N2O3/c1-25-13-5-3-2-4-12(13)21-15-14(20)16(23)22(17(15)24)11-7-9(18)6-10(19)8-11/h2-8,21H,1H3. The quantitative estimate of drug-likeness (QED) is 0.775. The van der Waals surface area contributed by atoms with Crippen molar-refractivity contribution in [3.8, 4) is 5.75 Å². The summed E-state index contributed by atoms with van der Waals surface area (Å²) in [5.41, 5.74) is 0.694. The fraction of sp³-hybridized carbons (Fsp3) is 0.0588. The van der Waals surface area contributed by atoms with Crippen LogP contribution in [0, 0.1) is 0 Å². The maximum Gasteiger partial charge on any atom is 0.283 e. The second-order valence-corrected chi connectivity index (χ2v) is 6.34. The molecule has 0 spiro atoms. The van der Waals surface area contributed by atoms with Crippen LogP contribution in [0.2, 0.25) is 10.0 Å². The van der Waals surface area contributed by atoms with Crippen molar-refractivity contribution in [3.05, 3.63) is 63.2 Å². The van der Waals surface area contributed by atoms with Crippen molar-refractivity contribution in [1.82, 2.24) is 0 Å². The Labute approximate surface area is 158 Å². The maximum atomic E-state index is 12.7.